The zero-order chi connectivity index (χ0) is 21.5. The molecule has 1 amide bonds. The monoisotopic (exact) mass is 512 g/mol. The Kier molecular flexibility index (Phi) is 6.33. The molecule has 1 N–H and O–H groups in total. The predicted molar refractivity (Wildman–Crippen MR) is 112 cm³/mol. The van der Waals surface area contributed by atoms with Gasteiger partial charge >= 0.3 is 0 Å². The minimum atomic E-state index is -4.30. The molecule has 2 aromatic carbocycles. The Morgan fingerprint density at radius 3 is 2.24 bits per heavy atom. The number of carbonyl (C=O) groups is 1. The molecule has 29 heavy (non-hydrogen) atoms. The molecule has 3 rings (SSSR count). The van der Waals surface area contributed by atoms with Crippen molar-refractivity contribution in [2.75, 3.05) is 0 Å². The summed E-state index contributed by atoms with van der Waals surface area (Å²) in [7, 11) is -4.30. The van der Waals surface area contributed by atoms with Gasteiger partial charge in [0.15, 0.2) is 5.69 Å². The van der Waals surface area contributed by atoms with Gasteiger partial charge in [0.25, 0.3) is 15.9 Å². The van der Waals surface area contributed by atoms with Gasteiger partial charge in [0.05, 0.1) is 31.5 Å². The minimum absolute atomic E-state index is 0.0967. The molecule has 0 aliphatic heterocycles. The van der Waals surface area contributed by atoms with Crippen LogP contribution in [0.5, 0.6) is 0 Å². The second-order valence-corrected chi connectivity index (χ2v) is 9.35. The van der Waals surface area contributed by atoms with Crippen molar-refractivity contribution in [2.45, 2.75) is 11.8 Å². The van der Waals surface area contributed by atoms with Crippen molar-refractivity contribution in [3.05, 3.63) is 66.8 Å². The summed E-state index contributed by atoms with van der Waals surface area (Å²) in [6, 6.07) is 6.80. The van der Waals surface area contributed by atoms with Crippen LogP contribution in [0.3, 0.4) is 0 Å². The summed E-state index contributed by atoms with van der Waals surface area (Å²) >= 11 is 29.7. The molecule has 0 atom stereocenters. The van der Waals surface area contributed by atoms with E-state index in [2.05, 4.69) is 10.3 Å². The molecular weight excluding hydrogens is 506 g/mol. The molecule has 0 saturated carbocycles. The molecule has 0 saturated heterocycles. The van der Waals surface area contributed by atoms with E-state index in [1.165, 1.54) is 35.9 Å². The van der Waals surface area contributed by atoms with Crippen LogP contribution in [-0.2, 0) is 10.0 Å². The number of nitrogens with zero attached hydrogens (tertiary/aromatic N) is 3. The maximum absolute atomic E-state index is 12.5. The van der Waals surface area contributed by atoms with Crippen molar-refractivity contribution in [3.8, 4) is 5.69 Å². The first-order chi connectivity index (χ1) is 13.5. The van der Waals surface area contributed by atoms with E-state index in [4.69, 9.17) is 58.0 Å². The van der Waals surface area contributed by atoms with Gasteiger partial charge in [-0.25, -0.2) is 17.8 Å². The molecule has 0 spiro atoms. The molecule has 1 aromatic heterocycles. The Balaban J connectivity index is 1.95. The van der Waals surface area contributed by atoms with Gasteiger partial charge in [-0.1, -0.05) is 63.2 Å². The first-order valence-electron chi connectivity index (χ1n) is 7.60. The standard InChI is InChI=1S/C16H9Cl5N4O3S/c1-7-15(22-24-25(7)9-5-11(19)14(21)12(20)6-9)16(26)23-29(27,28)13-4-8(17)2-3-10(13)18/h2-6H,1H3,(H,23,26). The quantitative estimate of drug-likeness (QED) is 0.497. The zero-order valence-electron chi connectivity index (χ0n) is 14.3. The Hall–Kier alpha value is -1.55. The SMILES string of the molecule is Cc1c(C(=O)NS(=O)(=O)c2cc(Cl)ccc2Cl)nnn1-c1cc(Cl)c(Cl)c(Cl)c1. The predicted octanol–water partition coefficient (Wildman–Crippen LogP) is 4.96. The highest BCUT2D eigenvalue weighted by Crippen LogP contribution is 2.32. The van der Waals surface area contributed by atoms with Gasteiger partial charge in [-0.15, -0.1) is 5.10 Å². The normalized spacial score (nSPS) is 11.5. The molecule has 0 aliphatic rings. The molecule has 1 heterocycles. The van der Waals surface area contributed by atoms with Crippen molar-refractivity contribution >= 4 is 73.9 Å². The van der Waals surface area contributed by atoms with Crippen LogP contribution in [0.1, 0.15) is 16.2 Å². The molecular formula is C16H9Cl5N4O3S. The summed E-state index contributed by atoms with van der Waals surface area (Å²) in [6.07, 6.45) is 0. The van der Waals surface area contributed by atoms with E-state index < -0.39 is 15.9 Å². The lowest BCUT2D eigenvalue weighted by Crippen LogP contribution is -2.31. The van der Waals surface area contributed by atoms with Crippen molar-refractivity contribution in [1.29, 1.82) is 0 Å². The van der Waals surface area contributed by atoms with Gasteiger partial charge in [-0.05, 0) is 37.3 Å². The molecule has 152 valence electrons. The van der Waals surface area contributed by atoms with Crippen LogP contribution in [0.2, 0.25) is 25.1 Å². The number of nitrogens with one attached hydrogen (secondary N) is 1. The maximum Gasteiger partial charge on any atom is 0.287 e. The summed E-state index contributed by atoms with van der Waals surface area (Å²) in [5.74, 6) is -1.00. The third-order valence-corrected chi connectivity index (χ3v) is 6.98. The van der Waals surface area contributed by atoms with Crippen LogP contribution in [0, 0.1) is 6.92 Å². The third-order valence-electron chi connectivity index (χ3n) is 3.73. The summed E-state index contributed by atoms with van der Waals surface area (Å²) in [5, 5.41) is 8.16. The molecule has 3 aromatic rings. The molecule has 0 unspecified atom stereocenters. The number of hydrogen-bond donors (Lipinski definition) is 1. The van der Waals surface area contributed by atoms with Crippen LogP contribution in [-0.4, -0.2) is 29.3 Å². The zero-order valence-corrected chi connectivity index (χ0v) is 18.8. The first-order valence-corrected chi connectivity index (χ1v) is 11.0. The average molecular weight is 515 g/mol. The van der Waals surface area contributed by atoms with Gasteiger partial charge < -0.3 is 0 Å². The molecule has 0 bridgehead atoms. The van der Waals surface area contributed by atoms with Gasteiger partial charge in [0.2, 0.25) is 0 Å². The van der Waals surface area contributed by atoms with Crippen LogP contribution in [0.4, 0.5) is 0 Å². The highest BCUT2D eigenvalue weighted by Gasteiger charge is 2.26. The van der Waals surface area contributed by atoms with Crippen molar-refractivity contribution in [2.24, 2.45) is 0 Å². The first kappa shape index (κ1) is 22.1. The van der Waals surface area contributed by atoms with E-state index in [1.54, 1.807) is 0 Å². The van der Waals surface area contributed by atoms with E-state index in [-0.39, 0.29) is 41.4 Å². The highest BCUT2D eigenvalue weighted by molar-refractivity contribution is 7.90. The van der Waals surface area contributed by atoms with E-state index in [0.717, 1.165) is 6.07 Å². The van der Waals surface area contributed by atoms with Gasteiger partial charge in [-0.3, -0.25) is 4.79 Å². The Labute approximate surface area is 190 Å². The van der Waals surface area contributed by atoms with Crippen LogP contribution < -0.4 is 4.72 Å². The Bertz CT molecular complexity index is 1220. The second-order valence-electron chi connectivity index (χ2n) is 5.67. The van der Waals surface area contributed by atoms with E-state index >= 15 is 0 Å². The van der Waals surface area contributed by atoms with Crippen LogP contribution in [0.15, 0.2) is 35.2 Å². The summed E-state index contributed by atoms with van der Waals surface area (Å²) in [6.45, 7) is 1.52. The summed E-state index contributed by atoms with van der Waals surface area (Å²) in [4.78, 5) is 12.2. The number of sulfonamides is 1. The third kappa shape index (κ3) is 4.47. The van der Waals surface area contributed by atoms with Gasteiger partial charge in [-0.2, -0.15) is 0 Å². The largest absolute Gasteiger partial charge is 0.287 e. The molecule has 7 nitrogen and oxygen atoms in total. The minimum Gasteiger partial charge on any atom is -0.266 e. The molecule has 0 fully saturated rings. The highest BCUT2D eigenvalue weighted by atomic mass is 35.5. The molecule has 0 aliphatic carbocycles. The fourth-order valence-corrected chi connectivity index (χ4v) is 4.66. The fraction of sp³-hybridized carbons (Fsp3) is 0.0625. The smallest absolute Gasteiger partial charge is 0.266 e. The van der Waals surface area contributed by atoms with Crippen molar-refractivity contribution < 1.29 is 13.2 Å². The van der Waals surface area contributed by atoms with E-state index in [9.17, 15) is 13.2 Å². The number of rotatable bonds is 4. The number of benzene rings is 2. The number of aromatic nitrogens is 3. The number of carbonyl (C=O) groups excluding carboxylic acids is 1. The lowest BCUT2D eigenvalue weighted by molar-refractivity contribution is 0.0976. The van der Waals surface area contributed by atoms with E-state index in [1.807, 2.05) is 4.72 Å². The van der Waals surface area contributed by atoms with E-state index in [0.29, 0.717) is 5.69 Å². The Morgan fingerprint density at radius 2 is 1.62 bits per heavy atom. The van der Waals surface area contributed by atoms with Crippen LogP contribution >= 0.6 is 58.0 Å². The molecule has 0 radical (unpaired) electrons. The van der Waals surface area contributed by atoms with Gasteiger partial charge in [0.1, 0.15) is 4.90 Å². The number of halogens is 5. The van der Waals surface area contributed by atoms with Gasteiger partial charge in [0, 0.05) is 5.02 Å². The fourth-order valence-electron chi connectivity index (χ4n) is 2.36. The van der Waals surface area contributed by atoms with Crippen molar-refractivity contribution in [3.63, 3.8) is 0 Å². The second kappa shape index (κ2) is 8.29. The lowest BCUT2D eigenvalue weighted by atomic mass is 10.3. The average Bonchev–Trinajstić information content (AvgIpc) is 3.02. The topological polar surface area (TPSA) is 93.9 Å². The lowest BCUT2D eigenvalue weighted by Gasteiger charge is -2.09. The number of amides is 1. The number of hydrogen-bond acceptors (Lipinski definition) is 5. The maximum atomic E-state index is 12.5. The molecule has 13 heteroatoms. The van der Waals surface area contributed by atoms with Crippen molar-refractivity contribution in [1.82, 2.24) is 19.7 Å². The van der Waals surface area contributed by atoms with Crippen LogP contribution in [0.25, 0.3) is 5.69 Å². The Morgan fingerprint density at radius 1 is 1.00 bits per heavy atom. The summed E-state index contributed by atoms with van der Waals surface area (Å²) in [5.41, 5.74) is 0.396. The summed E-state index contributed by atoms with van der Waals surface area (Å²) < 4.78 is 28.2.